The summed E-state index contributed by atoms with van der Waals surface area (Å²) in [6.07, 6.45) is 4.06. The Morgan fingerprint density at radius 1 is 1.17 bits per heavy atom. The number of amides is 2. The van der Waals surface area contributed by atoms with Gasteiger partial charge in [-0.1, -0.05) is 19.3 Å². The minimum Gasteiger partial charge on any atom is -0.480 e. The van der Waals surface area contributed by atoms with E-state index in [-0.39, 0.29) is 5.92 Å². The summed E-state index contributed by atoms with van der Waals surface area (Å²) in [5.74, 6) is -1.57. The number of aliphatic carboxylic acids is 1. The summed E-state index contributed by atoms with van der Waals surface area (Å²) in [7, 11) is 1.47. The minimum atomic E-state index is -1.03. The fourth-order valence-electron chi connectivity index (χ4n) is 2.79. The van der Waals surface area contributed by atoms with Crippen molar-refractivity contribution in [3.05, 3.63) is 0 Å². The van der Waals surface area contributed by atoms with Crippen LogP contribution in [-0.2, 0) is 14.3 Å². The van der Waals surface area contributed by atoms with Crippen molar-refractivity contribution in [3.8, 4) is 0 Å². The number of rotatable bonds is 5. The van der Waals surface area contributed by atoms with Crippen molar-refractivity contribution in [2.45, 2.75) is 77.5 Å². The highest BCUT2D eigenvalue weighted by Gasteiger charge is 2.34. The van der Waals surface area contributed by atoms with Gasteiger partial charge in [0.1, 0.15) is 17.7 Å². The Kier molecular flexibility index (Phi) is 7.05. The molecule has 0 aromatic rings. The van der Waals surface area contributed by atoms with Crippen molar-refractivity contribution in [3.63, 3.8) is 0 Å². The van der Waals surface area contributed by atoms with Crippen LogP contribution in [-0.4, -0.2) is 52.7 Å². The molecule has 1 saturated carbocycles. The molecule has 138 valence electrons. The molecule has 0 aromatic heterocycles. The maximum Gasteiger partial charge on any atom is 0.410 e. The highest BCUT2D eigenvalue weighted by Crippen LogP contribution is 2.26. The van der Waals surface area contributed by atoms with Crippen LogP contribution in [0.25, 0.3) is 0 Å². The Balaban J connectivity index is 2.68. The lowest BCUT2D eigenvalue weighted by Crippen LogP contribution is -2.53. The predicted octanol–water partition coefficient (Wildman–Crippen LogP) is 2.39. The van der Waals surface area contributed by atoms with E-state index >= 15 is 0 Å². The van der Waals surface area contributed by atoms with Gasteiger partial charge in [0.25, 0.3) is 0 Å². The van der Waals surface area contributed by atoms with Gasteiger partial charge < -0.3 is 15.2 Å². The number of nitrogens with zero attached hydrogens (tertiary/aromatic N) is 1. The van der Waals surface area contributed by atoms with Crippen molar-refractivity contribution in [2.24, 2.45) is 5.92 Å². The SMILES string of the molecule is C[C@@H](C(=O)N[C@@H](C(=O)O)C1CCCCC1)N(C)C(=O)OC(C)(C)C. The second-order valence-electron chi connectivity index (χ2n) is 7.49. The van der Waals surface area contributed by atoms with Crippen LogP contribution in [0.15, 0.2) is 0 Å². The molecule has 0 aliphatic heterocycles. The summed E-state index contributed by atoms with van der Waals surface area (Å²) in [4.78, 5) is 37.1. The average Bonchev–Trinajstić information content (AvgIpc) is 2.49. The van der Waals surface area contributed by atoms with E-state index in [0.29, 0.717) is 0 Å². The molecule has 0 heterocycles. The van der Waals surface area contributed by atoms with Crippen molar-refractivity contribution < 1.29 is 24.2 Å². The number of carbonyl (C=O) groups excluding carboxylic acids is 2. The van der Waals surface area contributed by atoms with E-state index in [2.05, 4.69) is 5.32 Å². The van der Waals surface area contributed by atoms with E-state index < -0.39 is 35.7 Å². The lowest BCUT2D eigenvalue weighted by Gasteiger charge is -2.31. The summed E-state index contributed by atoms with van der Waals surface area (Å²) in [6.45, 7) is 6.78. The second-order valence-corrected chi connectivity index (χ2v) is 7.49. The fraction of sp³-hybridized carbons (Fsp3) is 0.824. The van der Waals surface area contributed by atoms with E-state index in [0.717, 1.165) is 32.1 Å². The Labute approximate surface area is 143 Å². The minimum absolute atomic E-state index is 0.0563. The molecule has 1 aliphatic rings. The molecule has 7 heteroatoms. The first kappa shape index (κ1) is 20.3. The second kappa shape index (κ2) is 8.35. The first-order valence-electron chi connectivity index (χ1n) is 8.52. The molecule has 0 aromatic carbocycles. The van der Waals surface area contributed by atoms with Crippen LogP contribution in [0.2, 0.25) is 0 Å². The smallest absolute Gasteiger partial charge is 0.410 e. The van der Waals surface area contributed by atoms with Crippen LogP contribution in [0.3, 0.4) is 0 Å². The van der Waals surface area contributed by atoms with Crippen LogP contribution in [0.5, 0.6) is 0 Å². The molecule has 0 spiro atoms. The normalized spacial score (nSPS) is 18.4. The molecule has 1 aliphatic carbocycles. The molecule has 2 atom stereocenters. The molecule has 7 nitrogen and oxygen atoms in total. The molecule has 1 rings (SSSR count). The molecule has 0 bridgehead atoms. The predicted molar refractivity (Wildman–Crippen MR) is 89.6 cm³/mol. The summed E-state index contributed by atoms with van der Waals surface area (Å²) in [6, 6.07) is -1.72. The van der Waals surface area contributed by atoms with Crippen molar-refractivity contribution >= 4 is 18.0 Å². The molecular weight excluding hydrogens is 312 g/mol. The highest BCUT2D eigenvalue weighted by atomic mass is 16.6. The number of carbonyl (C=O) groups is 3. The van der Waals surface area contributed by atoms with E-state index in [1.165, 1.54) is 11.9 Å². The van der Waals surface area contributed by atoms with E-state index in [1.54, 1.807) is 27.7 Å². The van der Waals surface area contributed by atoms with E-state index in [4.69, 9.17) is 4.74 Å². The number of hydrogen-bond acceptors (Lipinski definition) is 4. The Bertz CT molecular complexity index is 466. The summed E-state index contributed by atoms with van der Waals surface area (Å²) in [5.41, 5.74) is -0.659. The highest BCUT2D eigenvalue weighted by molar-refractivity contribution is 5.89. The number of likely N-dealkylation sites (N-methyl/N-ethyl adjacent to an activating group) is 1. The van der Waals surface area contributed by atoms with Crippen LogP contribution >= 0.6 is 0 Å². The topological polar surface area (TPSA) is 95.9 Å². The van der Waals surface area contributed by atoms with Gasteiger partial charge in [0, 0.05) is 7.05 Å². The molecule has 2 N–H and O–H groups in total. The number of ether oxygens (including phenoxy) is 1. The summed E-state index contributed by atoms with van der Waals surface area (Å²) >= 11 is 0. The Hall–Kier alpha value is -1.79. The maximum absolute atomic E-state index is 12.4. The lowest BCUT2D eigenvalue weighted by atomic mass is 9.84. The first-order valence-corrected chi connectivity index (χ1v) is 8.52. The third-order valence-corrected chi connectivity index (χ3v) is 4.33. The zero-order valence-electron chi connectivity index (χ0n) is 15.3. The van der Waals surface area contributed by atoms with Crippen molar-refractivity contribution in [1.29, 1.82) is 0 Å². The third-order valence-electron chi connectivity index (χ3n) is 4.33. The third kappa shape index (κ3) is 6.02. The lowest BCUT2D eigenvalue weighted by molar-refractivity contribution is -0.144. The van der Waals surface area contributed by atoms with Crippen LogP contribution in [0, 0.1) is 5.92 Å². The van der Waals surface area contributed by atoms with Crippen molar-refractivity contribution in [2.75, 3.05) is 7.05 Å². The van der Waals surface area contributed by atoms with Gasteiger partial charge in [-0.2, -0.15) is 0 Å². The standard InChI is InChI=1S/C17H30N2O5/c1-11(19(5)16(23)24-17(2,3)4)14(20)18-13(15(21)22)12-9-7-6-8-10-12/h11-13H,6-10H2,1-5H3,(H,18,20)(H,21,22)/t11-,13+/m0/s1. The average molecular weight is 342 g/mol. The number of nitrogens with one attached hydrogen (secondary N) is 1. The van der Waals surface area contributed by atoms with Crippen LogP contribution in [0.4, 0.5) is 4.79 Å². The fourth-order valence-corrected chi connectivity index (χ4v) is 2.79. The molecular formula is C17H30N2O5. The van der Waals surface area contributed by atoms with Gasteiger partial charge in [-0.15, -0.1) is 0 Å². The van der Waals surface area contributed by atoms with Gasteiger partial charge in [0.05, 0.1) is 0 Å². The Morgan fingerprint density at radius 3 is 2.17 bits per heavy atom. The number of carboxylic acids is 1. The van der Waals surface area contributed by atoms with Gasteiger partial charge in [-0.05, 0) is 46.5 Å². The van der Waals surface area contributed by atoms with Crippen molar-refractivity contribution in [1.82, 2.24) is 10.2 Å². The van der Waals surface area contributed by atoms with E-state index in [9.17, 15) is 19.5 Å². The summed E-state index contributed by atoms with van der Waals surface area (Å²) < 4.78 is 5.23. The van der Waals surface area contributed by atoms with Crippen LogP contribution < -0.4 is 5.32 Å². The monoisotopic (exact) mass is 342 g/mol. The summed E-state index contributed by atoms with van der Waals surface area (Å²) in [5, 5.41) is 12.0. The maximum atomic E-state index is 12.4. The van der Waals surface area contributed by atoms with E-state index in [1.807, 2.05) is 0 Å². The zero-order chi connectivity index (χ0) is 18.5. The first-order chi connectivity index (χ1) is 11.0. The van der Waals surface area contributed by atoms with Crippen LogP contribution in [0.1, 0.15) is 59.8 Å². The Morgan fingerprint density at radius 2 is 1.71 bits per heavy atom. The molecule has 2 amide bonds. The largest absolute Gasteiger partial charge is 0.480 e. The number of hydrogen-bond donors (Lipinski definition) is 2. The molecule has 0 radical (unpaired) electrons. The quantitative estimate of drug-likeness (QED) is 0.800. The van der Waals surface area contributed by atoms with Gasteiger partial charge in [0.15, 0.2) is 0 Å². The zero-order valence-corrected chi connectivity index (χ0v) is 15.3. The molecule has 24 heavy (non-hydrogen) atoms. The van der Waals surface area contributed by atoms with Gasteiger partial charge in [-0.25, -0.2) is 9.59 Å². The molecule has 1 fully saturated rings. The number of carboxylic acid groups (broad SMARTS) is 1. The molecule has 0 unspecified atom stereocenters. The van der Waals surface area contributed by atoms with Gasteiger partial charge in [-0.3, -0.25) is 9.69 Å². The van der Waals surface area contributed by atoms with Gasteiger partial charge in [0.2, 0.25) is 5.91 Å². The molecule has 0 saturated heterocycles. The van der Waals surface area contributed by atoms with Gasteiger partial charge >= 0.3 is 12.1 Å².